The van der Waals surface area contributed by atoms with Crippen molar-refractivity contribution >= 4 is 50.7 Å². The van der Waals surface area contributed by atoms with E-state index >= 15 is 0 Å². The summed E-state index contributed by atoms with van der Waals surface area (Å²) in [4.78, 5) is 27.2. The van der Waals surface area contributed by atoms with Crippen LogP contribution >= 0.6 is 23.2 Å². The van der Waals surface area contributed by atoms with Crippen molar-refractivity contribution in [3.8, 4) is 0 Å². The molecule has 192 valence electrons. The fraction of sp³-hybridized carbons (Fsp3) is 0.440. The molecule has 0 aliphatic heterocycles. The maximum atomic E-state index is 13.2. The summed E-state index contributed by atoms with van der Waals surface area (Å²) in [6.07, 6.45) is 2.37. The standard InChI is InChI=1S/C25H33Cl2N3O4S/c1-5-19-9-12-21(13-10-19)30(35(4,33)34)15-7-8-24(31)29(18(3)25(32)28-6-2)17-20-11-14-22(26)23(27)16-20/h9-14,16,18H,5-8,15,17H2,1-4H3,(H,28,32). The Hall–Kier alpha value is -2.29. The molecule has 1 unspecified atom stereocenters. The monoisotopic (exact) mass is 541 g/mol. The summed E-state index contributed by atoms with van der Waals surface area (Å²) in [6, 6.07) is 11.7. The van der Waals surface area contributed by atoms with Crippen LogP contribution < -0.4 is 9.62 Å². The summed E-state index contributed by atoms with van der Waals surface area (Å²) in [5, 5.41) is 3.51. The van der Waals surface area contributed by atoms with E-state index in [1.54, 1.807) is 37.3 Å². The van der Waals surface area contributed by atoms with Crippen LogP contribution in [0, 0.1) is 0 Å². The van der Waals surface area contributed by atoms with Gasteiger partial charge in [-0.25, -0.2) is 8.42 Å². The molecule has 1 atom stereocenters. The third kappa shape index (κ3) is 8.40. The van der Waals surface area contributed by atoms with Crippen molar-refractivity contribution in [3.63, 3.8) is 0 Å². The SMILES string of the molecule is CCNC(=O)C(C)N(Cc1ccc(Cl)c(Cl)c1)C(=O)CCCN(c1ccc(CC)cc1)S(C)(=O)=O. The van der Waals surface area contributed by atoms with E-state index in [0.29, 0.717) is 28.7 Å². The number of aryl methyl sites for hydroxylation is 1. The molecule has 0 aliphatic rings. The Balaban J connectivity index is 2.17. The van der Waals surface area contributed by atoms with Gasteiger partial charge < -0.3 is 10.2 Å². The van der Waals surface area contributed by atoms with Gasteiger partial charge in [-0.05, 0) is 62.1 Å². The Morgan fingerprint density at radius 2 is 1.63 bits per heavy atom. The highest BCUT2D eigenvalue weighted by atomic mass is 35.5. The van der Waals surface area contributed by atoms with Gasteiger partial charge in [-0.15, -0.1) is 0 Å². The summed E-state index contributed by atoms with van der Waals surface area (Å²) in [5.41, 5.74) is 2.40. The van der Waals surface area contributed by atoms with E-state index in [9.17, 15) is 18.0 Å². The molecule has 2 rings (SSSR count). The molecular formula is C25H33Cl2N3O4S. The number of sulfonamides is 1. The maximum Gasteiger partial charge on any atom is 0.242 e. The number of amides is 2. The molecule has 0 saturated carbocycles. The molecule has 35 heavy (non-hydrogen) atoms. The number of carbonyl (C=O) groups excluding carboxylic acids is 2. The lowest BCUT2D eigenvalue weighted by Gasteiger charge is -2.29. The van der Waals surface area contributed by atoms with Crippen molar-refractivity contribution in [1.29, 1.82) is 0 Å². The van der Waals surface area contributed by atoms with Crippen LogP contribution in [0.1, 0.15) is 44.7 Å². The molecule has 0 heterocycles. The molecule has 2 amide bonds. The predicted molar refractivity (Wildman–Crippen MR) is 142 cm³/mol. The summed E-state index contributed by atoms with van der Waals surface area (Å²) in [7, 11) is -3.53. The zero-order valence-electron chi connectivity index (χ0n) is 20.6. The number of benzene rings is 2. The van der Waals surface area contributed by atoms with Crippen molar-refractivity contribution in [2.24, 2.45) is 0 Å². The minimum Gasteiger partial charge on any atom is -0.355 e. The quantitative estimate of drug-likeness (QED) is 0.423. The van der Waals surface area contributed by atoms with E-state index in [0.717, 1.165) is 23.8 Å². The Bertz CT molecular complexity index is 1120. The average molecular weight is 543 g/mol. The Morgan fingerprint density at radius 1 is 1.00 bits per heavy atom. The summed E-state index contributed by atoms with van der Waals surface area (Å²) in [6.45, 7) is 6.26. The first-order valence-corrected chi connectivity index (χ1v) is 14.2. The fourth-order valence-corrected chi connectivity index (χ4v) is 4.93. The number of halogens is 2. The van der Waals surface area contributed by atoms with Crippen molar-refractivity contribution < 1.29 is 18.0 Å². The second-order valence-electron chi connectivity index (χ2n) is 8.30. The number of carbonyl (C=O) groups is 2. The van der Waals surface area contributed by atoms with E-state index < -0.39 is 16.1 Å². The molecule has 2 aromatic rings. The van der Waals surface area contributed by atoms with Crippen molar-refractivity contribution in [2.75, 3.05) is 23.7 Å². The molecule has 0 fully saturated rings. The largest absolute Gasteiger partial charge is 0.355 e. The molecule has 2 aromatic carbocycles. The van der Waals surface area contributed by atoms with Crippen LogP contribution in [0.5, 0.6) is 0 Å². The number of anilines is 1. The molecule has 0 bridgehead atoms. The molecule has 0 aliphatic carbocycles. The van der Waals surface area contributed by atoms with Crippen LogP contribution in [0.2, 0.25) is 10.0 Å². The van der Waals surface area contributed by atoms with E-state index in [-0.39, 0.29) is 31.3 Å². The van der Waals surface area contributed by atoms with Crippen LogP contribution in [-0.2, 0) is 32.6 Å². The van der Waals surface area contributed by atoms with Crippen LogP contribution in [-0.4, -0.2) is 50.5 Å². The number of hydrogen-bond donors (Lipinski definition) is 1. The van der Waals surface area contributed by atoms with Gasteiger partial charge in [0.1, 0.15) is 6.04 Å². The van der Waals surface area contributed by atoms with Crippen molar-refractivity contribution in [3.05, 3.63) is 63.6 Å². The lowest BCUT2D eigenvalue weighted by molar-refractivity contribution is -0.140. The molecule has 0 spiro atoms. The highest BCUT2D eigenvalue weighted by molar-refractivity contribution is 7.92. The van der Waals surface area contributed by atoms with Gasteiger partial charge in [0.2, 0.25) is 21.8 Å². The topological polar surface area (TPSA) is 86.8 Å². The second-order valence-corrected chi connectivity index (χ2v) is 11.0. The Labute approximate surface area is 218 Å². The van der Waals surface area contributed by atoms with Gasteiger partial charge >= 0.3 is 0 Å². The van der Waals surface area contributed by atoms with Gasteiger partial charge in [0.05, 0.1) is 22.0 Å². The Morgan fingerprint density at radius 3 is 2.17 bits per heavy atom. The Kier molecular flexibility index (Phi) is 10.9. The fourth-order valence-electron chi connectivity index (χ4n) is 3.64. The van der Waals surface area contributed by atoms with Crippen LogP contribution in [0.15, 0.2) is 42.5 Å². The van der Waals surface area contributed by atoms with Gasteiger partial charge in [-0.3, -0.25) is 13.9 Å². The van der Waals surface area contributed by atoms with Gasteiger partial charge in [0.15, 0.2) is 0 Å². The van der Waals surface area contributed by atoms with E-state index in [4.69, 9.17) is 23.2 Å². The molecule has 0 radical (unpaired) electrons. The highest BCUT2D eigenvalue weighted by Gasteiger charge is 2.26. The van der Waals surface area contributed by atoms with Gasteiger partial charge in [-0.1, -0.05) is 48.3 Å². The lowest BCUT2D eigenvalue weighted by Crippen LogP contribution is -2.47. The zero-order valence-corrected chi connectivity index (χ0v) is 22.9. The number of nitrogens with zero attached hydrogens (tertiary/aromatic N) is 2. The van der Waals surface area contributed by atoms with Crippen LogP contribution in [0.3, 0.4) is 0 Å². The third-order valence-electron chi connectivity index (χ3n) is 5.64. The molecule has 0 saturated heterocycles. The highest BCUT2D eigenvalue weighted by Crippen LogP contribution is 2.24. The molecule has 0 aromatic heterocycles. The minimum absolute atomic E-state index is 0.0735. The number of hydrogen-bond acceptors (Lipinski definition) is 4. The molecular weight excluding hydrogens is 509 g/mol. The maximum absolute atomic E-state index is 13.2. The predicted octanol–water partition coefficient (Wildman–Crippen LogP) is 4.66. The first-order chi connectivity index (χ1) is 16.5. The smallest absolute Gasteiger partial charge is 0.242 e. The second kappa shape index (κ2) is 13.1. The molecule has 1 N–H and O–H groups in total. The summed E-state index contributed by atoms with van der Waals surface area (Å²) >= 11 is 12.1. The van der Waals surface area contributed by atoms with Crippen LogP contribution in [0.4, 0.5) is 5.69 Å². The number of nitrogens with one attached hydrogen (secondary N) is 1. The van der Waals surface area contributed by atoms with E-state index in [1.807, 2.05) is 26.0 Å². The van der Waals surface area contributed by atoms with Crippen molar-refractivity contribution in [2.45, 2.75) is 52.6 Å². The first-order valence-electron chi connectivity index (χ1n) is 11.6. The van der Waals surface area contributed by atoms with Gasteiger partial charge in [-0.2, -0.15) is 0 Å². The third-order valence-corrected chi connectivity index (χ3v) is 7.57. The zero-order chi connectivity index (χ0) is 26.2. The minimum atomic E-state index is -3.53. The molecule has 10 heteroatoms. The van der Waals surface area contributed by atoms with Crippen LogP contribution in [0.25, 0.3) is 0 Å². The van der Waals surface area contributed by atoms with Gasteiger partial charge in [0.25, 0.3) is 0 Å². The van der Waals surface area contributed by atoms with E-state index in [2.05, 4.69) is 5.32 Å². The van der Waals surface area contributed by atoms with Crippen molar-refractivity contribution in [1.82, 2.24) is 10.2 Å². The summed E-state index contributed by atoms with van der Waals surface area (Å²) < 4.78 is 26.1. The normalized spacial score (nSPS) is 12.2. The summed E-state index contributed by atoms with van der Waals surface area (Å²) in [5.74, 6) is -0.528. The first kappa shape index (κ1) is 28.9. The lowest BCUT2D eigenvalue weighted by atomic mass is 10.1. The van der Waals surface area contributed by atoms with E-state index in [1.165, 1.54) is 9.21 Å². The average Bonchev–Trinajstić information content (AvgIpc) is 2.81. The molecule has 7 nitrogen and oxygen atoms in total. The number of likely N-dealkylation sites (N-methyl/N-ethyl adjacent to an activating group) is 1. The number of rotatable bonds is 12. The van der Waals surface area contributed by atoms with Gasteiger partial charge in [0, 0.05) is 26.1 Å².